The maximum Gasteiger partial charge on any atom is 0.310 e. The Morgan fingerprint density at radius 3 is 2.88 bits per heavy atom. The van der Waals surface area contributed by atoms with Crippen LogP contribution in [0.2, 0.25) is 0 Å². The van der Waals surface area contributed by atoms with Crippen molar-refractivity contribution in [1.82, 2.24) is 24.5 Å². The van der Waals surface area contributed by atoms with Crippen LogP contribution < -0.4 is 0 Å². The van der Waals surface area contributed by atoms with Crippen molar-refractivity contribution in [1.29, 1.82) is 0 Å². The molecule has 1 aliphatic rings. The Labute approximate surface area is 139 Å². The molecule has 2 aromatic heterocycles. The van der Waals surface area contributed by atoms with Gasteiger partial charge in [-0.3, -0.25) is 9.59 Å². The molecule has 128 valence electrons. The lowest BCUT2D eigenvalue weighted by atomic mass is 9.98. The molecule has 0 N–H and O–H groups in total. The number of carbonyl (C=O) groups excluding carboxylic acids is 2. The first-order valence-electron chi connectivity index (χ1n) is 8.16. The maximum atomic E-state index is 12.7. The highest BCUT2D eigenvalue weighted by molar-refractivity contribution is 5.91. The van der Waals surface area contributed by atoms with E-state index in [0.29, 0.717) is 25.5 Å². The van der Waals surface area contributed by atoms with Crippen LogP contribution in [-0.4, -0.2) is 56.1 Å². The van der Waals surface area contributed by atoms with Crippen molar-refractivity contribution in [2.75, 3.05) is 19.7 Å². The first-order valence-corrected chi connectivity index (χ1v) is 8.16. The lowest BCUT2D eigenvalue weighted by molar-refractivity contribution is -0.149. The Morgan fingerprint density at radius 1 is 1.33 bits per heavy atom. The van der Waals surface area contributed by atoms with E-state index in [-0.39, 0.29) is 23.6 Å². The number of aromatic nitrogens is 4. The second-order valence-electron chi connectivity index (χ2n) is 6.03. The highest BCUT2D eigenvalue weighted by Gasteiger charge is 2.31. The van der Waals surface area contributed by atoms with Gasteiger partial charge in [0.15, 0.2) is 0 Å². The summed E-state index contributed by atoms with van der Waals surface area (Å²) in [5, 5.41) is 4.27. The van der Waals surface area contributed by atoms with Gasteiger partial charge >= 0.3 is 5.97 Å². The number of amides is 1. The number of ether oxygens (including phenoxy) is 1. The molecule has 2 aromatic rings. The van der Waals surface area contributed by atoms with Crippen LogP contribution in [0.15, 0.2) is 6.07 Å². The number of esters is 1. The molecule has 0 aromatic carbocycles. The van der Waals surface area contributed by atoms with Crippen molar-refractivity contribution in [3.05, 3.63) is 23.3 Å². The monoisotopic (exact) mass is 331 g/mol. The molecular weight excluding hydrogens is 310 g/mol. The summed E-state index contributed by atoms with van der Waals surface area (Å²) < 4.78 is 6.63. The van der Waals surface area contributed by atoms with Crippen molar-refractivity contribution in [2.45, 2.75) is 33.6 Å². The van der Waals surface area contributed by atoms with Crippen molar-refractivity contribution in [3.8, 4) is 0 Å². The van der Waals surface area contributed by atoms with Crippen LogP contribution in [0.4, 0.5) is 0 Å². The molecule has 0 aliphatic carbocycles. The molecule has 3 heterocycles. The standard InChI is InChI=1S/C16H21N5O3/c1-4-24-15(23)12-6-5-7-20(9-12)14(22)13-18-16-17-10(2)8-11(3)21(16)19-13/h8,12H,4-7,9H2,1-3H3/t12-/m0/s1. The van der Waals surface area contributed by atoms with Crippen molar-refractivity contribution in [2.24, 2.45) is 5.92 Å². The number of aryl methyl sites for hydroxylation is 2. The third-order valence-corrected chi connectivity index (χ3v) is 4.14. The SMILES string of the molecule is CCOC(=O)[C@H]1CCCN(C(=O)c2nc3nc(C)cc(C)n3n2)C1. The average molecular weight is 331 g/mol. The lowest BCUT2D eigenvalue weighted by Crippen LogP contribution is -2.43. The van der Waals surface area contributed by atoms with Gasteiger partial charge in [0.25, 0.3) is 11.7 Å². The van der Waals surface area contributed by atoms with Gasteiger partial charge in [0.05, 0.1) is 12.5 Å². The minimum atomic E-state index is -0.276. The molecule has 1 amide bonds. The molecular formula is C16H21N5O3. The molecule has 1 saturated heterocycles. The molecule has 0 saturated carbocycles. The summed E-state index contributed by atoms with van der Waals surface area (Å²) in [6.07, 6.45) is 1.50. The van der Waals surface area contributed by atoms with Crippen molar-refractivity contribution in [3.63, 3.8) is 0 Å². The molecule has 0 radical (unpaired) electrons. The second kappa shape index (κ2) is 6.54. The van der Waals surface area contributed by atoms with Crippen molar-refractivity contribution < 1.29 is 14.3 Å². The summed E-state index contributed by atoms with van der Waals surface area (Å²) >= 11 is 0. The zero-order valence-electron chi connectivity index (χ0n) is 14.2. The van der Waals surface area contributed by atoms with Crippen molar-refractivity contribution >= 4 is 17.7 Å². The van der Waals surface area contributed by atoms with Gasteiger partial charge in [0.1, 0.15) is 0 Å². The Kier molecular flexibility index (Phi) is 4.46. The predicted octanol–water partition coefficient (Wildman–Crippen LogP) is 1.16. The zero-order chi connectivity index (χ0) is 17.3. The van der Waals surface area contributed by atoms with E-state index in [4.69, 9.17) is 4.74 Å². The normalized spacial score (nSPS) is 18.0. The summed E-state index contributed by atoms with van der Waals surface area (Å²) in [4.78, 5) is 34.8. The highest BCUT2D eigenvalue weighted by Crippen LogP contribution is 2.19. The van der Waals surface area contributed by atoms with Gasteiger partial charge in [-0.25, -0.2) is 9.50 Å². The fourth-order valence-corrected chi connectivity index (χ4v) is 3.01. The number of fused-ring (bicyclic) bond motifs is 1. The van der Waals surface area contributed by atoms with E-state index in [1.54, 1.807) is 16.3 Å². The Bertz CT molecular complexity index is 785. The fraction of sp³-hybridized carbons (Fsp3) is 0.562. The van der Waals surface area contributed by atoms with E-state index in [9.17, 15) is 9.59 Å². The number of nitrogens with zero attached hydrogens (tertiary/aromatic N) is 5. The summed E-state index contributed by atoms with van der Waals surface area (Å²) in [6, 6.07) is 1.88. The molecule has 8 heteroatoms. The van der Waals surface area contributed by atoms with Crippen LogP contribution in [0.3, 0.4) is 0 Å². The van der Waals surface area contributed by atoms with Crippen LogP contribution in [0, 0.1) is 19.8 Å². The number of piperidine rings is 1. The topological polar surface area (TPSA) is 89.7 Å². The summed E-state index contributed by atoms with van der Waals surface area (Å²) in [5.41, 5.74) is 1.69. The van der Waals surface area contributed by atoms with Crippen LogP contribution >= 0.6 is 0 Å². The first kappa shape index (κ1) is 16.4. The van der Waals surface area contributed by atoms with E-state index in [1.807, 2.05) is 19.9 Å². The smallest absolute Gasteiger partial charge is 0.310 e. The molecule has 0 bridgehead atoms. The highest BCUT2D eigenvalue weighted by atomic mass is 16.5. The molecule has 8 nitrogen and oxygen atoms in total. The minimum Gasteiger partial charge on any atom is -0.466 e. The largest absolute Gasteiger partial charge is 0.466 e. The van der Waals surface area contributed by atoms with E-state index in [0.717, 1.165) is 24.2 Å². The van der Waals surface area contributed by atoms with Gasteiger partial charge in [0, 0.05) is 24.5 Å². The Hall–Kier alpha value is -2.51. The molecule has 1 fully saturated rings. The van der Waals surface area contributed by atoms with Crippen LogP contribution in [0.25, 0.3) is 5.78 Å². The molecule has 1 aliphatic heterocycles. The quantitative estimate of drug-likeness (QED) is 0.784. The van der Waals surface area contributed by atoms with Crippen LogP contribution in [0.5, 0.6) is 0 Å². The molecule has 0 spiro atoms. The number of rotatable bonds is 3. The van der Waals surface area contributed by atoms with E-state index >= 15 is 0 Å². The van der Waals surface area contributed by atoms with Gasteiger partial charge in [-0.2, -0.15) is 4.98 Å². The Balaban J connectivity index is 1.81. The third kappa shape index (κ3) is 3.08. The van der Waals surface area contributed by atoms with E-state index < -0.39 is 0 Å². The lowest BCUT2D eigenvalue weighted by Gasteiger charge is -2.30. The van der Waals surface area contributed by atoms with E-state index in [1.165, 1.54) is 0 Å². The second-order valence-corrected chi connectivity index (χ2v) is 6.03. The molecule has 1 atom stereocenters. The van der Waals surface area contributed by atoms with Gasteiger partial charge in [-0.05, 0) is 39.7 Å². The van der Waals surface area contributed by atoms with Gasteiger partial charge < -0.3 is 9.64 Å². The summed E-state index contributed by atoms with van der Waals surface area (Å²) in [5.74, 6) is -0.269. The van der Waals surface area contributed by atoms with Crippen LogP contribution in [-0.2, 0) is 9.53 Å². The maximum absolute atomic E-state index is 12.7. The van der Waals surface area contributed by atoms with Crippen LogP contribution in [0.1, 0.15) is 41.8 Å². The predicted molar refractivity (Wildman–Crippen MR) is 85.5 cm³/mol. The zero-order valence-corrected chi connectivity index (χ0v) is 14.2. The van der Waals surface area contributed by atoms with Gasteiger partial charge in [-0.1, -0.05) is 0 Å². The molecule has 3 rings (SSSR count). The van der Waals surface area contributed by atoms with E-state index in [2.05, 4.69) is 15.1 Å². The minimum absolute atomic E-state index is 0.112. The number of likely N-dealkylation sites (tertiary alicyclic amines) is 1. The summed E-state index contributed by atoms with van der Waals surface area (Å²) in [6.45, 7) is 6.83. The Morgan fingerprint density at radius 2 is 2.12 bits per heavy atom. The number of hydrogen-bond donors (Lipinski definition) is 0. The van der Waals surface area contributed by atoms with Gasteiger partial charge in [0.2, 0.25) is 5.82 Å². The number of carbonyl (C=O) groups is 2. The first-order chi connectivity index (χ1) is 11.5. The fourth-order valence-electron chi connectivity index (χ4n) is 3.01. The summed E-state index contributed by atoms with van der Waals surface area (Å²) in [7, 11) is 0. The third-order valence-electron chi connectivity index (χ3n) is 4.14. The molecule has 0 unspecified atom stereocenters. The number of hydrogen-bond acceptors (Lipinski definition) is 6. The van der Waals surface area contributed by atoms with Gasteiger partial charge in [-0.15, -0.1) is 5.10 Å². The average Bonchev–Trinajstić information content (AvgIpc) is 2.99. The molecule has 24 heavy (non-hydrogen) atoms.